The van der Waals surface area contributed by atoms with Gasteiger partial charge in [0.05, 0.1) is 6.54 Å². The van der Waals surface area contributed by atoms with Gasteiger partial charge in [0.15, 0.2) is 5.96 Å². The molecule has 5 nitrogen and oxygen atoms in total. The molecule has 1 saturated carbocycles. The molecule has 0 aromatic rings. The van der Waals surface area contributed by atoms with Crippen LogP contribution in [-0.2, 0) is 4.79 Å². The van der Waals surface area contributed by atoms with Crippen LogP contribution in [0.25, 0.3) is 0 Å². The van der Waals surface area contributed by atoms with Crippen molar-refractivity contribution in [3.05, 3.63) is 0 Å². The van der Waals surface area contributed by atoms with Crippen molar-refractivity contribution in [2.24, 2.45) is 16.8 Å². The lowest BCUT2D eigenvalue weighted by molar-refractivity contribution is -0.123. The highest BCUT2D eigenvalue weighted by Crippen LogP contribution is 2.28. The van der Waals surface area contributed by atoms with E-state index in [2.05, 4.69) is 27.9 Å². The predicted molar refractivity (Wildman–Crippen MR) is 89.9 cm³/mol. The van der Waals surface area contributed by atoms with Gasteiger partial charge in [-0.2, -0.15) is 0 Å². The van der Waals surface area contributed by atoms with Crippen molar-refractivity contribution in [2.45, 2.75) is 40.2 Å². The van der Waals surface area contributed by atoms with E-state index in [-0.39, 0.29) is 35.8 Å². The molecule has 112 valence electrons. The number of carbonyl (C=O) groups is 1. The number of carbonyl (C=O) groups excluding carboxylic acids is 1. The molecular formula is C13H27IN4O. The van der Waals surface area contributed by atoms with Crippen LogP contribution in [0.15, 0.2) is 4.99 Å². The third-order valence-electron chi connectivity index (χ3n) is 2.98. The second-order valence-corrected chi connectivity index (χ2v) is 5.17. The maximum Gasteiger partial charge on any atom is 0.222 e. The number of aliphatic imine (C=N–C) groups is 1. The quantitative estimate of drug-likeness (QED) is 0.281. The Labute approximate surface area is 133 Å². The van der Waals surface area contributed by atoms with E-state index in [4.69, 9.17) is 0 Å². The summed E-state index contributed by atoms with van der Waals surface area (Å²) in [6, 6.07) is 0.563. The molecule has 1 aliphatic rings. The fraction of sp³-hybridized carbons (Fsp3) is 0.846. The number of hydrogen-bond donors (Lipinski definition) is 3. The molecule has 0 spiro atoms. The van der Waals surface area contributed by atoms with E-state index in [1.807, 2.05) is 20.8 Å². The molecule has 0 heterocycles. The Hall–Kier alpha value is -0.530. The molecule has 6 heteroatoms. The maximum atomic E-state index is 11.4. The second-order valence-electron chi connectivity index (χ2n) is 5.17. The molecule has 1 rings (SSSR count). The summed E-state index contributed by atoms with van der Waals surface area (Å²) in [5.74, 6) is 1.71. The summed E-state index contributed by atoms with van der Waals surface area (Å²) >= 11 is 0. The molecule has 0 bridgehead atoms. The van der Waals surface area contributed by atoms with Crippen LogP contribution >= 0.6 is 24.0 Å². The Balaban J connectivity index is 0.00000324. The van der Waals surface area contributed by atoms with E-state index < -0.39 is 0 Å². The normalized spacial score (nSPS) is 21.6. The molecule has 3 N–H and O–H groups in total. The van der Waals surface area contributed by atoms with Gasteiger partial charge in [0.1, 0.15) is 0 Å². The van der Waals surface area contributed by atoms with E-state index in [0.717, 1.165) is 18.4 Å². The molecule has 0 aromatic heterocycles. The van der Waals surface area contributed by atoms with Crippen LogP contribution in [0.5, 0.6) is 0 Å². The average Bonchev–Trinajstić information content (AvgIpc) is 3.00. The van der Waals surface area contributed by atoms with Gasteiger partial charge in [0, 0.05) is 25.0 Å². The number of hydrogen-bond acceptors (Lipinski definition) is 2. The van der Waals surface area contributed by atoms with Crippen LogP contribution in [-0.4, -0.2) is 37.5 Å². The first-order chi connectivity index (χ1) is 8.54. The van der Waals surface area contributed by atoms with Crippen LogP contribution in [0.4, 0.5) is 0 Å². The van der Waals surface area contributed by atoms with Crippen molar-refractivity contribution in [3.63, 3.8) is 0 Å². The topological polar surface area (TPSA) is 65.5 Å². The average molecular weight is 382 g/mol. The molecule has 1 fully saturated rings. The first-order valence-corrected chi connectivity index (χ1v) is 6.87. The summed E-state index contributed by atoms with van der Waals surface area (Å²) < 4.78 is 0. The zero-order valence-corrected chi connectivity index (χ0v) is 14.7. The molecule has 2 atom stereocenters. The first-order valence-electron chi connectivity index (χ1n) is 6.87. The Bertz CT molecular complexity index is 307. The van der Waals surface area contributed by atoms with Gasteiger partial charge < -0.3 is 16.0 Å². The zero-order chi connectivity index (χ0) is 13.5. The molecule has 0 saturated heterocycles. The van der Waals surface area contributed by atoms with Crippen LogP contribution < -0.4 is 16.0 Å². The Morgan fingerprint density at radius 3 is 2.47 bits per heavy atom. The fourth-order valence-electron chi connectivity index (χ4n) is 1.57. The third kappa shape index (κ3) is 7.59. The van der Waals surface area contributed by atoms with Gasteiger partial charge in [0.25, 0.3) is 0 Å². The van der Waals surface area contributed by atoms with Crippen LogP contribution in [0.3, 0.4) is 0 Å². The van der Waals surface area contributed by atoms with E-state index in [1.165, 1.54) is 6.42 Å². The molecule has 0 aromatic carbocycles. The maximum absolute atomic E-state index is 11.4. The summed E-state index contributed by atoms with van der Waals surface area (Å²) in [5.41, 5.74) is 0. The molecular weight excluding hydrogens is 355 g/mol. The lowest BCUT2D eigenvalue weighted by Gasteiger charge is -2.11. The standard InChI is InChI=1S/C13H26N4O.HI/c1-5-14-13(17-11-8-10(11)4)16-7-6-15-12(18)9(2)3;/h9-11H,5-8H2,1-4H3,(H,15,18)(H2,14,16,17);1H. The molecule has 0 aliphatic heterocycles. The van der Waals surface area contributed by atoms with Crippen molar-refractivity contribution >= 4 is 35.8 Å². The fourth-order valence-corrected chi connectivity index (χ4v) is 1.57. The first kappa shape index (κ1) is 18.5. The SMILES string of the molecule is CCNC(=NCCNC(=O)C(C)C)NC1CC1C.I. The lowest BCUT2D eigenvalue weighted by Crippen LogP contribution is -2.39. The smallest absolute Gasteiger partial charge is 0.222 e. The van der Waals surface area contributed by atoms with E-state index in [0.29, 0.717) is 19.1 Å². The van der Waals surface area contributed by atoms with Crippen molar-refractivity contribution in [1.29, 1.82) is 0 Å². The van der Waals surface area contributed by atoms with Crippen molar-refractivity contribution in [1.82, 2.24) is 16.0 Å². The summed E-state index contributed by atoms with van der Waals surface area (Å²) in [6.07, 6.45) is 1.22. The third-order valence-corrected chi connectivity index (χ3v) is 2.98. The van der Waals surface area contributed by atoms with Gasteiger partial charge in [-0.05, 0) is 19.3 Å². The summed E-state index contributed by atoms with van der Waals surface area (Å²) in [4.78, 5) is 15.8. The van der Waals surface area contributed by atoms with E-state index in [9.17, 15) is 4.79 Å². The molecule has 0 radical (unpaired) electrons. The highest BCUT2D eigenvalue weighted by atomic mass is 127. The number of guanidine groups is 1. The summed E-state index contributed by atoms with van der Waals surface area (Å²) in [6.45, 7) is 10.1. The predicted octanol–water partition coefficient (Wildman–Crippen LogP) is 1.34. The van der Waals surface area contributed by atoms with Crippen LogP contribution in [0.2, 0.25) is 0 Å². The van der Waals surface area contributed by atoms with Crippen LogP contribution in [0.1, 0.15) is 34.1 Å². The lowest BCUT2D eigenvalue weighted by atomic mass is 10.2. The molecule has 19 heavy (non-hydrogen) atoms. The highest BCUT2D eigenvalue weighted by molar-refractivity contribution is 14.0. The van der Waals surface area contributed by atoms with Crippen molar-refractivity contribution in [3.8, 4) is 0 Å². The van der Waals surface area contributed by atoms with E-state index in [1.54, 1.807) is 0 Å². The minimum absolute atomic E-state index is 0. The minimum Gasteiger partial charge on any atom is -0.357 e. The monoisotopic (exact) mass is 382 g/mol. The van der Waals surface area contributed by atoms with Gasteiger partial charge in [-0.25, -0.2) is 0 Å². The van der Waals surface area contributed by atoms with Gasteiger partial charge in [-0.1, -0.05) is 20.8 Å². The Kier molecular flexibility index (Phi) is 9.12. The molecule has 1 aliphatic carbocycles. The molecule has 1 amide bonds. The van der Waals surface area contributed by atoms with Crippen molar-refractivity contribution in [2.75, 3.05) is 19.6 Å². The van der Waals surface area contributed by atoms with Gasteiger partial charge >= 0.3 is 0 Å². The van der Waals surface area contributed by atoms with Gasteiger partial charge in [0.2, 0.25) is 5.91 Å². The number of nitrogens with one attached hydrogen (secondary N) is 3. The second kappa shape index (κ2) is 9.39. The number of nitrogens with zero attached hydrogens (tertiary/aromatic N) is 1. The summed E-state index contributed by atoms with van der Waals surface area (Å²) in [7, 11) is 0. The van der Waals surface area contributed by atoms with Gasteiger partial charge in [-0.3, -0.25) is 9.79 Å². The van der Waals surface area contributed by atoms with Gasteiger partial charge in [-0.15, -0.1) is 24.0 Å². The van der Waals surface area contributed by atoms with E-state index >= 15 is 0 Å². The number of rotatable bonds is 6. The zero-order valence-electron chi connectivity index (χ0n) is 12.3. The highest BCUT2D eigenvalue weighted by Gasteiger charge is 2.33. The Morgan fingerprint density at radius 1 is 1.37 bits per heavy atom. The Morgan fingerprint density at radius 2 is 2.00 bits per heavy atom. The number of halogens is 1. The number of amides is 1. The summed E-state index contributed by atoms with van der Waals surface area (Å²) in [5, 5.41) is 9.45. The molecule has 2 unspecified atom stereocenters. The largest absolute Gasteiger partial charge is 0.357 e. The van der Waals surface area contributed by atoms with Crippen LogP contribution in [0, 0.1) is 11.8 Å². The minimum atomic E-state index is 0. The van der Waals surface area contributed by atoms with Crippen molar-refractivity contribution < 1.29 is 4.79 Å².